The highest BCUT2D eigenvalue weighted by Crippen LogP contribution is 2.22. The fourth-order valence-corrected chi connectivity index (χ4v) is 4.26. The monoisotopic (exact) mass is 576 g/mol. The first-order valence-corrected chi connectivity index (χ1v) is 11.5. The molecule has 0 aliphatic carbocycles. The number of guanidine groups is 1. The molecule has 182 valence electrons. The van der Waals surface area contributed by atoms with Gasteiger partial charge < -0.3 is 15.5 Å². The van der Waals surface area contributed by atoms with E-state index in [9.17, 15) is 4.39 Å². The second-order valence-electron chi connectivity index (χ2n) is 8.80. The zero-order valence-corrected chi connectivity index (χ0v) is 22.4. The van der Waals surface area contributed by atoms with Gasteiger partial charge in [-0.25, -0.2) is 9.37 Å². The number of fused-ring (bicyclic) bond motifs is 1. The predicted octanol–water partition coefficient (Wildman–Crippen LogP) is 4.39. The van der Waals surface area contributed by atoms with E-state index in [0.717, 1.165) is 60.7 Å². The lowest BCUT2D eigenvalue weighted by Crippen LogP contribution is -2.48. The van der Waals surface area contributed by atoms with Crippen molar-refractivity contribution < 1.29 is 4.39 Å². The summed E-state index contributed by atoms with van der Waals surface area (Å²) in [7, 11) is 5.84. The molecule has 0 spiro atoms. The maximum absolute atomic E-state index is 13.1. The van der Waals surface area contributed by atoms with Gasteiger partial charge in [0.05, 0.1) is 5.52 Å². The number of para-hydroxylation sites is 1. The first-order valence-electron chi connectivity index (χ1n) is 11.5. The van der Waals surface area contributed by atoms with Crippen molar-refractivity contribution in [2.75, 3.05) is 39.1 Å². The van der Waals surface area contributed by atoms with Gasteiger partial charge in [-0.05, 0) is 48.2 Å². The molecule has 0 bridgehead atoms. The average Bonchev–Trinajstić information content (AvgIpc) is 2.83. The third-order valence-corrected chi connectivity index (χ3v) is 6.16. The predicted molar refractivity (Wildman–Crippen MR) is 150 cm³/mol. The number of hydrogen-bond donors (Lipinski definition) is 2. The van der Waals surface area contributed by atoms with Crippen LogP contribution in [-0.2, 0) is 13.1 Å². The Morgan fingerprint density at radius 3 is 2.50 bits per heavy atom. The molecule has 4 rings (SSSR count). The topological polar surface area (TPSA) is 55.8 Å². The number of aliphatic imine (C=N–C) groups is 1. The van der Waals surface area contributed by atoms with Crippen molar-refractivity contribution in [3.63, 3.8) is 0 Å². The summed E-state index contributed by atoms with van der Waals surface area (Å²) in [5, 5.41) is 8.23. The fourth-order valence-electron chi connectivity index (χ4n) is 4.26. The van der Waals surface area contributed by atoms with Crippen LogP contribution in [0.3, 0.4) is 0 Å². The number of hydrogen-bond acceptors (Lipinski definition) is 4. The van der Waals surface area contributed by atoms with E-state index in [2.05, 4.69) is 44.8 Å². The smallest absolute Gasteiger partial charge is 0.191 e. The number of likely N-dealkylation sites (tertiary alicyclic amines) is 1. The van der Waals surface area contributed by atoms with Gasteiger partial charge in [0.15, 0.2) is 5.96 Å². The summed E-state index contributed by atoms with van der Waals surface area (Å²) < 4.78 is 13.1. The maximum atomic E-state index is 13.1. The van der Waals surface area contributed by atoms with Crippen molar-refractivity contribution in [1.29, 1.82) is 0 Å². The Balaban J connectivity index is 0.00000324. The summed E-state index contributed by atoms with van der Waals surface area (Å²) in [6.45, 7) is 3.55. The molecule has 1 aliphatic rings. The summed E-state index contributed by atoms with van der Waals surface area (Å²) in [6, 6.07) is 17.6. The molecule has 0 saturated carbocycles. The van der Waals surface area contributed by atoms with E-state index in [0.29, 0.717) is 12.6 Å². The summed E-state index contributed by atoms with van der Waals surface area (Å²) in [5.74, 6) is 1.58. The summed E-state index contributed by atoms with van der Waals surface area (Å²) in [6.07, 6.45) is 2.09. The number of nitrogens with one attached hydrogen (secondary N) is 2. The van der Waals surface area contributed by atoms with Crippen LogP contribution in [0.2, 0.25) is 0 Å². The Bertz CT molecular complexity index is 1090. The highest BCUT2D eigenvalue weighted by molar-refractivity contribution is 14.0. The van der Waals surface area contributed by atoms with Gasteiger partial charge in [-0.2, -0.15) is 0 Å². The molecular weight excluding hydrogens is 542 g/mol. The number of rotatable bonds is 6. The van der Waals surface area contributed by atoms with Gasteiger partial charge in [0.2, 0.25) is 0 Å². The van der Waals surface area contributed by atoms with Gasteiger partial charge in [0, 0.05) is 58.8 Å². The molecule has 8 heteroatoms. The Morgan fingerprint density at radius 1 is 1.12 bits per heavy atom. The number of anilines is 1. The minimum atomic E-state index is -0.182. The lowest BCUT2D eigenvalue weighted by atomic mass is 10.0. The van der Waals surface area contributed by atoms with Crippen molar-refractivity contribution in [3.05, 3.63) is 71.5 Å². The molecular formula is C26H34FIN6. The van der Waals surface area contributed by atoms with Gasteiger partial charge in [-0.15, -0.1) is 24.0 Å². The van der Waals surface area contributed by atoms with E-state index in [4.69, 9.17) is 4.98 Å². The van der Waals surface area contributed by atoms with Crippen LogP contribution >= 0.6 is 24.0 Å². The van der Waals surface area contributed by atoms with Crippen LogP contribution in [0.4, 0.5) is 10.2 Å². The first-order chi connectivity index (χ1) is 16.0. The van der Waals surface area contributed by atoms with E-state index in [1.165, 1.54) is 17.7 Å². The summed E-state index contributed by atoms with van der Waals surface area (Å²) in [4.78, 5) is 13.7. The Hall–Kier alpha value is -2.46. The van der Waals surface area contributed by atoms with E-state index < -0.39 is 0 Å². The van der Waals surface area contributed by atoms with Crippen LogP contribution in [0.1, 0.15) is 24.0 Å². The number of aromatic nitrogens is 1. The first kappa shape index (κ1) is 26.2. The third kappa shape index (κ3) is 6.79. The highest BCUT2D eigenvalue weighted by Gasteiger charge is 2.20. The van der Waals surface area contributed by atoms with E-state index in [-0.39, 0.29) is 29.8 Å². The van der Waals surface area contributed by atoms with Gasteiger partial charge in [-0.1, -0.05) is 30.3 Å². The molecule has 2 aromatic carbocycles. The van der Waals surface area contributed by atoms with Crippen LogP contribution in [-0.4, -0.2) is 56.1 Å². The van der Waals surface area contributed by atoms with Gasteiger partial charge >= 0.3 is 0 Å². The van der Waals surface area contributed by atoms with Gasteiger partial charge in [0.25, 0.3) is 0 Å². The second-order valence-corrected chi connectivity index (χ2v) is 8.80. The van der Waals surface area contributed by atoms with Crippen LogP contribution in [0.15, 0.2) is 59.6 Å². The standard InChI is InChI=1S/C26H33FN6.HI/c1-28-26(29-17-20-16-25(32(2)3)31-24-7-5-4-6-23(20)24)30-22-12-14-33(15-13-22)18-19-8-10-21(27)11-9-19;/h4-11,16,22H,12-15,17-18H2,1-3H3,(H2,28,29,30);1H. The average molecular weight is 577 g/mol. The molecule has 0 atom stereocenters. The lowest BCUT2D eigenvalue weighted by molar-refractivity contribution is 0.198. The van der Waals surface area contributed by atoms with Crippen LogP contribution in [0.5, 0.6) is 0 Å². The van der Waals surface area contributed by atoms with Crippen molar-refractivity contribution >= 4 is 46.7 Å². The molecule has 34 heavy (non-hydrogen) atoms. The SMILES string of the molecule is CN=C(NCc1cc(N(C)C)nc2ccccc12)NC1CCN(Cc2ccc(F)cc2)CC1.I. The Kier molecular flexibility index (Phi) is 9.46. The van der Waals surface area contributed by atoms with Crippen LogP contribution < -0.4 is 15.5 Å². The van der Waals surface area contributed by atoms with Crippen molar-refractivity contribution in [1.82, 2.24) is 20.5 Å². The number of halogens is 2. The van der Waals surface area contributed by atoms with E-state index in [1.54, 1.807) is 0 Å². The van der Waals surface area contributed by atoms with Crippen LogP contribution in [0, 0.1) is 5.82 Å². The Labute approximate surface area is 218 Å². The second kappa shape index (κ2) is 12.3. The van der Waals surface area contributed by atoms with Gasteiger partial charge in [-0.3, -0.25) is 9.89 Å². The number of nitrogens with zero attached hydrogens (tertiary/aromatic N) is 4. The van der Waals surface area contributed by atoms with Crippen molar-refractivity contribution in [2.45, 2.75) is 32.0 Å². The number of benzene rings is 2. The Morgan fingerprint density at radius 2 is 1.82 bits per heavy atom. The van der Waals surface area contributed by atoms with Crippen LogP contribution in [0.25, 0.3) is 10.9 Å². The zero-order valence-electron chi connectivity index (χ0n) is 20.1. The van der Waals surface area contributed by atoms with Crippen molar-refractivity contribution in [2.24, 2.45) is 4.99 Å². The maximum Gasteiger partial charge on any atom is 0.191 e. The van der Waals surface area contributed by atoms with E-state index >= 15 is 0 Å². The van der Waals surface area contributed by atoms with Gasteiger partial charge in [0.1, 0.15) is 11.6 Å². The molecule has 1 fully saturated rings. The zero-order chi connectivity index (χ0) is 23.2. The highest BCUT2D eigenvalue weighted by atomic mass is 127. The summed E-state index contributed by atoms with van der Waals surface area (Å²) in [5.41, 5.74) is 3.35. The lowest BCUT2D eigenvalue weighted by Gasteiger charge is -2.33. The van der Waals surface area contributed by atoms with Crippen molar-refractivity contribution in [3.8, 4) is 0 Å². The molecule has 0 radical (unpaired) electrons. The molecule has 0 amide bonds. The third-order valence-electron chi connectivity index (χ3n) is 6.16. The molecule has 6 nitrogen and oxygen atoms in total. The molecule has 0 unspecified atom stereocenters. The number of piperidine rings is 1. The molecule has 1 aromatic heterocycles. The quantitative estimate of drug-likeness (QED) is 0.259. The molecule has 2 N–H and O–H groups in total. The van der Waals surface area contributed by atoms with E-state index in [1.807, 2.05) is 44.2 Å². The minimum absolute atomic E-state index is 0. The molecule has 1 saturated heterocycles. The molecule has 3 aromatic rings. The fraction of sp³-hybridized carbons (Fsp3) is 0.385. The molecule has 1 aliphatic heterocycles. The minimum Gasteiger partial charge on any atom is -0.363 e. The largest absolute Gasteiger partial charge is 0.363 e. The summed E-state index contributed by atoms with van der Waals surface area (Å²) >= 11 is 0. The number of pyridine rings is 1. The normalized spacial score (nSPS) is 15.1. The molecule has 2 heterocycles.